The molecule has 0 bridgehead atoms. The average molecular weight is 323 g/mol. The van der Waals surface area contributed by atoms with E-state index in [2.05, 4.69) is 22.4 Å². The van der Waals surface area contributed by atoms with E-state index < -0.39 is 0 Å². The first-order valence-corrected chi connectivity index (χ1v) is 8.22. The van der Waals surface area contributed by atoms with Gasteiger partial charge < -0.3 is 10.2 Å². The number of carbonyl (C=O) groups excluding carboxylic acids is 2. The number of nitrogens with one attached hydrogen (secondary N) is 1. The van der Waals surface area contributed by atoms with E-state index in [9.17, 15) is 9.59 Å². The number of benzene rings is 1. The van der Waals surface area contributed by atoms with Crippen molar-refractivity contribution in [3.8, 4) is 0 Å². The Bertz CT molecular complexity index is 688. The summed E-state index contributed by atoms with van der Waals surface area (Å²) in [6, 6.07) is 13.5. The Balaban J connectivity index is 1.45. The molecule has 1 unspecified atom stereocenters. The van der Waals surface area contributed by atoms with Crippen molar-refractivity contribution in [3.05, 3.63) is 66.0 Å². The molecule has 2 heterocycles. The lowest BCUT2D eigenvalue weighted by molar-refractivity contribution is -0.127. The van der Waals surface area contributed by atoms with Crippen LogP contribution in [0.5, 0.6) is 0 Å². The maximum Gasteiger partial charge on any atom is 0.251 e. The molecule has 1 aliphatic heterocycles. The number of hydrogen-bond donors (Lipinski definition) is 1. The number of carbonyl (C=O) groups is 2. The van der Waals surface area contributed by atoms with Gasteiger partial charge in [0.25, 0.3) is 5.91 Å². The molecular formula is C19H21N3O2. The monoisotopic (exact) mass is 323 g/mol. The Hall–Kier alpha value is -2.69. The van der Waals surface area contributed by atoms with Gasteiger partial charge in [-0.1, -0.05) is 30.3 Å². The molecule has 0 aliphatic carbocycles. The van der Waals surface area contributed by atoms with E-state index in [0.29, 0.717) is 25.1 Å². The highest BCUT2D eigenvalue weighted by Crippen LogP contribution is 2.17. The van der Waals surface area contributed by atoms with Gasteiger partial charge in [-0.3, -0.25) is 14.6 Å². The first-order chi connectivity index (χ1) is 11.7. The summed E-state index contributed by atoms with van der Waals surface area (Å²) in [6.45, 7) is 1.97. The molecule has 0 spiro atoms. The molecule has 2 amide bonds. The standard InChI is InChI=1S/C19H21N3O2/c23-18-12-16(13-21-19(24)17-6-9-20-10-7-17)14-22(18)11-8-15-4-2-1-3-5-15/h1-7,9-10,16H,8,11-14H2,(H,21,24). The molecule has 24 heavy (non-hydrogen) atoms. The summed E-state index contributed by atoms with van der Waals surface area (Å²) in [7, 11) is 0. The van der Waals surface area contributed by atoms with E-state index in [4.69, 9.17) is 0 Å². The molecule has 5 nitrogen and oxygen atoms in total. The van der Waals surface area contributed by atoms with Crippen LogP contribution in [0.15, 0.2) is 54.9 Å². The number of hydrogen-bond acceptors (Lipinski definition) is 3. The van der Waals surface area contributed by atoms with Gasteiger partial charge in [0.15, 0.2) is 0 Å². The van der Waals surface area contributed by atoms with Gasteiger partial charge in [-0.15, -0.1) is 0 Å². The summed E-state index contributed by atoms with van der Waals surface area (Å²) < 4.78 is 0. The zero-order chi connectivity index (χ0) is 16.8. The van der Waals surface area contributed by atoms with Crippen molar-refractivity contribution in [1.29, 1.82) is 0 Å². The Morgan fingerprint density at radius 2 is 1.92 bits per heavy atom. The van der Waals surface area contributed by atoms with Crippen LogP contribution in [0, 0.1) is 5.92 Å². The van der Waals surface area contributed by atoms with Crippen molar-refractivity contribution in [1.82, 2.24) is 15.2 Å². The van der Waals surface area contributed by atoms with E-state index in [1.54, 1.807) is 24.5 Å². The van der Waals surface area contributed by atoms with Gasteiger partial charge in [0, 0.05) is 49.9 Å². The van der Waals surface area contributed by atoms with E-state index in [-0.39, 0.29) is 17.7 Å². The van der Waals surface area contributed by atoms with Crippen LogP contribution in [0.2, 0.25) is 0 Å². The number of likely N-dealkylation sites (tertiary alicyclic amines) is 1. The second-order valence-electron chi connectivity index (χ2n) is 6.09. The Morgan fingerprint density at radius 1 is 1.17 bits per heavy atom. The molecule has 1 N–H and O–H groups in total. The normalized spacial score (nSPS) is 17.1. The molecular weight excluding hydrogens is 302 g/mol. The van der Waals surface area contributed by atoms with E-state index >= 15 is 0 Å². The lowest BCUT2D eigenvalue weighted by Crippen LogP contribution is -2.32. The fraction of sp³-hybridized carbons (Fsp3) is 0.316. The Labute approximate surface area is 141 Å². The zero-order valence-electron chi connectivity index (χ0n) is 13.5. The lowest BCUT2D eigenvalue weighted by atomic mass is 10.1. The third-order valence-corrected chi connectivity index (χ3v) is 4.30. The van der Waals surface area contributed by atoms with Crippen molar-refractivity contribution in [3.63, 3.8) is 0 Å². The van der Waals surface area contributed by atoms with Gasteiger partial charge in [0.1, 0.15) is 0 Å². The van der Waals surface area contributed by atoms with Crippen molar-refractivity contribution in [2.45, 2.75) is 12.8 Å². The molecule has 124 valence electrons. The van der Waals surface area contributed by atoms with E-state index in [0.717, 1.165) is 13.0 Å². The van der Waals surface area contributed by atoms with E-state index in [1.165, 1.54) is 5.56 Å². The molecule has 5 heteroatoms. The van der Waals surface area contributed by atoms with Crippen LogP contribution in [0.3, 0.4) is 0 Å². The van der Waals surface area contributed by atoms with E-state index in [1.807, 2.05) is 23.1 Å². The molecule has 0 radical (unpaired) electrons. The summed E-state index contributed by atoms with van der Waals surface area (Å²) in [4.78, 5) is 30.0. The van der Waals surface area contributed by atoms with Crippen LogP contribution in [-0.2, 0) is 11.2 Å². The topological polar surface area (TPSA) is 62.3 Å². The average Bonchev–Trinajstić information content (AvgIpc) is 2.99. The van der Waals surface area contributed by atoms with Crippen LogP contribution in [0.25, 0.3) is 0 Å². The largest absolute Gasteiger partial charge is 0.352 e. The minimum absolute atomic E-state index is 0.118. The number of amides is 2. The lowest BCUT2D eigenvalue weighted by Gasteiger charge is -2.17. The van der Waals surface area contributed by atoms with Gasteiger partial charge in [-0.25, -0.2) is 0 Å². The van der Waals surface area contributed by atoms with Crippen LogP contribution in [0.1, 0.15) is 22.3 Å². The van der Waals surface area contributed by atoms with Gasteiger partial charge in [0.05, 0.1) is 0 Å². The predicted molar refractivity (Wildman–Crippen MR) is 91.4 cm³/mol. The van der Waals surface area contributed by atoms with Gasteiger partial charge in [-0.05, 0) is 24.1 Å². The number of pyridine rings is 1. The third kappa shape index (κ3) is 4.19. The molecule has 2 aromatic rings. The first-order valence-electron chi connectivity index (χ1n) is 8.22. The second kappa shape index (κ2) is 7.73. The van der Waals surface area contributed by atoms with Gasteiger partial charge in [0.2, 0.25) is 5.91 Å². The van der Waals surface area contributed by atoms with Crippen LogP contribution in [-0.4, -0.2) is 41.3 Å². The maximum atomic E-state index is 12.1. The quantitative estimate of drug-likeness (QED) is 0.883. The SMILES string of the molecule is O=C(NCC1CC(=O)N(CCc2ccccc2)C1)c1ccncc1. The number of nitrogens with zero attached hydrogens (tertiary/aromatic N) is 2. The van der Waals surface area contributed by atoms with Crippen LogP contribution in [0.4, 0.5) is 0 Å². The highest BCUT2D eigenvalue weighted by atomic mass is 16.2. The van der Waals surface area contributed by atoms with Crippen molar-refractivity contribution in [2.75, 3.05) is 19.6 Å². The second-order valence-corrected chi connectivity index (χ2v) is 6.09. The van der Waals surface area contributed by atoms with Crippen LogP contribution < -0.4 is 5.32 Å². The molecule has 1 saturated heterocycles. The molecule has 1 fully saturated rings. The first kappa shape index (κ1) is 16.2. The summed E-state index contributed by atoms with van der Waals surface area (Å²) in [5, 5.41) is 2.91. The predicted octanol–water partition coefficient (Wildman–Crippen LogP) is 1.90. The number of aromatic nitrogens is 1. The van der Waals surface area contributed by atoms with Crippen LogP contribution >= 0.6 is 0 Å². The van der Waals surface area contributed by atoms with Crippen molar-refractivity contribution < 1.29 is 9.59 Å². The third-order valence-electron chi connectivity index (χ3n) is 4.30. The molecule has 1 aromatic carbocycles. The fourth-order valence-corrected chi connectivity index (χ4v) is 2.96. The summed E-state index contributed by atoms with van der Waals surface area (Å²) in [6.07, 6.45) is 4.56. The number of rotatable bonds is 6. The summed E-state index contributed by atoms with van der Waals surface area (Å²) >= 11 is 0. The minimum Gasteiger partial charge on any atom is -0.352 e. The molecule has 0 saturated carbocycles. The van der Waals surface area contributed by atoms with Crippen molar-refractivity contribution >= 4 is 11.8 Å². The smallest absolute Gasteiger partial charge is 0.251 e. The fourth-order valence-electron chi connectivity index (χ4n) is 2.96. The minimum atomic E-state index is -0.118. The molecule has 1 aliphatic rings. The molecule has 3 rings (SSSR count). The highest BCUT2D eigenvalue weighted by molar-refractivity contribution is 5.94. The Kier molecular flexibility index (Phi) is 5.21. The Morgan fingerprint density at radius 3 is 2.67 bits per heavy atom. The maximum absolute atomic E-state index is 12.1. The van der Waals surface area contributed by atoms with Crippen molar-refractivity contribution in [2.24, 2.45) is 5.92 Å². The zero-order valence-corrected chi connectivity index (χ0v) is 13.5. The molecule has 1 atom stereocenters. The highest BCUT2D eigenvalue weighted by Gasteiger charge is 2.29. The summed E-state index contributed by atoms with van der Waals surface area (Å²) in [5.74, 6) is 0.237. The van der Waals surface area contributed by atoms with Gasteiger partial charge in [-0.2, -0.15) is 0 Å². The molecule has 1 aromatic heterocycles. The summed E-state index contributed by atoms with van der Waals surface area (Å²) in [5.41, 5.74) is 1.83. The van der Waals surface area contributed by atoms with Gasteiger partial charge >= 0.3 is 0 Å².